The molecule has 0 N–H and O–H groups in total. The normalized spacial score (nSPS) is 17.6. The SMILES string of the molecule is C=C1OB(c2cnn(CCCN(CC)CC)c2)OC1(C)C. The molecule has 0 aliphatic carbocycles. The number of nitrogens with zero attached hydrogens (tertiary/aromatic N) is 3. The largest absolute Gasteiger partial charge is 0.566 e. The lowest BCUT2D eigenvalue weighted by Crippen LogP contribution is -2.33. The summed E-state index contributed by atoms with van der Waals surface area (Å²) in [5.41, 5.74) is 0.514. The average Bonchev–Trinajstić information content (AvgIpc) is 3.00. The minimum atomic E-state index is -0.435. The quantitative estimate of drug-likeness (QED) is 0.716. The van der Waals surface area contributed by atoms with E-state index in [2.05, 4.69) is 30.4 Å². The van der Waals surface area contributed by atoms with Gasteiger partial charge in [-0.2, -0.15) is 5.10 Å². The zero-order valence-corrected chi connectivity index (χ0v) is 13.6. The Morgan fingerprint density at radius 2 is 2.10 bits per heavy atom. The molecule has 6 heteroatoms. The van der Waals surface area contributed by atoms with Crippen molar-refractivity contribution in [3.05, 3.63) is 24.7 Å². The first kappa shape index (κ1) is 16.1. The molecule has 0 amide bonds. The lowest BCUT2D eigenvalue weighted by atomic mass is 9.82. The second kappa shape index (κ2) is 6.66. The summed E-state index contributed by atoms with van der Waals surface area (Å²) in [5.74, 6) is 0.668. The van der Waals surface area contributed by atoms with Crippen LogP contribution in [0.15, 0.2) is 24.7 Å². The van der Waals surface area contributed by atoms with E-state index in [9.17, 15) is 0 Å². The molecule has 1 aromatic rings. The molecule has 1 fully saturated rings. The standard InChI is InChI=1S/C15H26BN3O2/c1-6-18(7-2)9-8-10-19-12-14(11-17-19)16-20-13(3)15(4,5)21-16/h11-12H,3,6-10H2,1-2,4-5H3. The van der Waals surface area contributed by atoms with E-state index in [1.807, 2.05) is 30.9 Å². The molecule has 0 spiro atoms. The van der Waals surface area contributed by atoms with Crippen LogP contribution in [0.2, 0.25) is 0 Å². The van der Waals surface area contributed by atoms with Gasteiger partial charge in [-0.25, -0.2) is 0 Å². The fourth-order valence-electron chi connectivity index (χ4n) is 2.38. The number of hydrogen-bond acceptors (Lipinski definition) is 4. The molecule has 1 saturated heterocycles. The van der Waals surface area contributed by atoms with Crippen molar-refractivity contribution < 1.29 is 9.31 Å². The van der Waals surface area contributed by atoms with E-state index in [-0.39, 0.29) is 7.12 Å². The Hall–Kier alpha value is -1.27. The van der Waals surface area contributed by atoms with E-state index in [1.54, 1.807) is 0 Å². The van der Waals surface area contributed by atoms with Crippen LogP contribution in [0.1, 0.15) is 34.1 Å². The number of aromatic nitrogens is 2. The second-order valence-electron chi connectivity index (χ2n) is 5.92. The van der Waals surface area contributed by atoms with Crippen molar-refractivity contribution in [1.29, 1.82) is 0 Å². The summed E-state index contributed by atoms with van der Waals surface area (Å²) in [4.78, 5) is 2.42. The molecular formula is C15H26BN3O2. The zero-order chi connectivity index (χ0) is 15.5. The highest BCUT2D eigenvalue weighted by molar-refractivity contribution is 6.62. The van der Waals surface area contributed by atoms with Crippen LogP contribution in [0.5, 0.6) is 0 Å². The maximum absolute atomic E-state index is 5.85. The Kier molecular flexibility index (Phi) is 5.11. The summed E-state index contributed by atoms with van der Waals surface area (Å²) in [5, 5.41) is 4.39. The van der Waals surface area contributed by atoms with Crippen LogP contribution in [0, 0.1) is 0 Å². The predicted octanol–water partition coefficient (Wildman–Crippen LogP) is 1.65. The van der Waals surface area contributed by atoms with Crippen LogP contribution < -0.4 is 5.46 Å². The lowest BCUT2D eigenvalue weighted by Gasteiger charge is -2.17. The van der Waals surface area contributed by atoms with Crippen molar-refractivity contribution in [3.63, 3.8) is 0 Å². The van der Waals surface area contributed by atoms with Gasteiger partial charge in [-0.15, -0.1) is 0 Å². The third-order valence-corrected chi connectivity index (χ3v) is 4.00. The van der Waals surface area contributed by atoms with Crippen LogP contribution in [-0.2, 0) is 15.9 Å². The smallest absolute Gasteiger partial charge is 0.534 e. The fourth-order valence-corrected chi connectivity index (χ4v) is 2.38. The van der Waals surface area contributed by atoms with Gasteiger partial charge in [0.2, 0.25) is 0 Å². The van der Waals surface area contributed by atoms with Crippen molar-refractivity contribution in [3.8, 4) is 0 Å². The van der Waals surface area contributed by atoms with Crippen LogP contribution in [-0.4, -0.2) is 47.0 Å². The summed E-state index contributed by atoms with van der Waals surface area (Å²) in [7, 11) is -0.385. The van der Waals surface area contributed by atoms with Gasteiger partial charge in [0.15, 0.2) is 0 Å². The van der Waals surface area contributed by atoms with Gasteiger partial charge in [0, 0.05) is 18.2 Å². The Balaban J connectivity index is 1.86. The van der Waals surface area contributed by atoms with Crippen molar-refractivity contribution in [2.75, 3.05) is 19.6 Å². The van der Waals surface area contributed by atoms with E-state index in [0.29, 0.717) is 5.76 Å². The highest BCUT2D eigenvalue weighted by Crippen LogP contribution is 2.28. The first-order chi connectivity index (χ1) is 9.96. The molecule has 0 bridgehead atoms. The number of aryl methyl sites for hydroxylation is 1. The molecule has 2 heterocycles. The topological polar surface area (TPSA) is 39.5 Å². The molecule has 1 aliphatic heterocycles. The van der Waals surface area contributed by atoms with E-state index in [0.717, 1.165) is 38.1 Å². The van der Waals surface area contributed by atoms with E-state index >= 15 is 0 Å². The number of hydrogen-bond donors (Lipinski definition) is 0. The number of rotatable bonds is 7. The third kappa shape index (κ3) is 3.89. The predicted molar refractivity (Wildman–Crippen MR) is 85.4 cm³/mol. The average molecular weight is 291 g/mol. The van der Waals surface area contributed by atoms with Gasteiger partial charge in [-0.3, -0.25) is 4.68 Å². The summed E-state index contributed by atoms with van der Waals surface area (Å²) in [6.45, 7) is 16.4. The first-order valence-corrected chi connectivity index (χ1v) is 7.74. The molecule has 0 radical (unpaired) electrons. The minimum Gasteiger partial charge on any atom is -0.534 e. The van der Waals surface area contributed by atoms with Gasteiger partial charge >= 0.3 is 7.12 Å². The van der Waals surface area contributed by atoms with Gasteiger partial charge in [0.1, 0.15) is 5.60 Å². The molecule has 0 unspecified atom stereocenters. The molecular weight excluding hydrogens is 265 g/mol. The zero-order valence-electron chi connectivity index (χ0n) is 13.6. The van der Waals surface area contributed by atoms with Gasteiger partial charge in [-0.1, -0.05) is 20.4 Å². The van der Waals surface area contributed by atoms with Gasteiger partial charge in [-0.05, 0) is 39.9 Å². The molecule has 1 aromatic heterocycles. The van der Waals surface area contributed by atoms with Crippen LogP contribution in [0.25, 0.3) is 0 Å². The maximum atomic E-state index is 5.85. The highest BCUT2D eigenvalue weighted by Gasteiger charge is 2.43. The van der Waals surface area contributed by atoms with Crippen LogP contribution in [0.3, 0.4) is 0 Å². The summed E-state index contributed by atoms with van der Waals surface area (Å²) >= 11 is 0. The lowest BCUT2D eigenvalue weighted by molar-refractivity contribution is 0.173. The van der Waals surface area contributed by atoms with Crippen LogP contribution >= 0.6 is 0 Å². The van der Waals surface area contributed by atoms with E-state index in [1.165, 1.54) is 0 Å². The molecule has 21 heavy (non-hydrogen) atoms. The van der Waals surface area contributed by atoms with Crippen molar-refractivity contribution in [2.45, 2.75) is 46.3 Å². The monoisotopic (exact) mass is 291 g/mol. The van der Waals surface area contributed by atoms with E-state index < -0.39 is 5.60 Å². The first-order valence-electron chi connectivity index (χ1n) is 7.74. The molecule has 116 valence electrons. The van der Waals surface area contributed by atoms with E-state index in [4.69, 9.17) is 9.31 Å². The Morgan fingerprint density at radius 1 is 1.38 bits per heavy atom. The highest BCUT2D eigenvalue weighted by atomic mass is 16.7. The minimum absolute atomic E-state index is 0.385. The summed E-state index contributed by atoms with van der Waals surface area (Å²) < 4.78 is 13.5. The molecule has 0 saturated carbocycles. The summed E-state index contributed by atoms with van der Waals surface area (Å²) in [6.07, 6.45) is 4.91. The molecule has 5 nitrogen and oxygen atoms in total. The Bertz CT molecular complexity index is 483. The molecule has 0 atom stereocenters. The van der Waals surface area contributed by atoms with Crippen molar-refractivity contribution in [1.82, 2.24) is 14.7 Å². The van der Waals surface area contributed by atoms with Gasteiger partial charge < -0.3 is 14.2 Å². The Labute approximate surface area is 128 Å². The van der Waals surface area contributed by atoms with Crippen molar-refractivity contribution in [2.24, 2.45) is 0 Å². The Morgan fingerprint density at radius 3 is 2.67 bits per heavy atom. The maximum Gasteiger partial charge on any atom is 0.566 e. The third-order valence-electron chi connectivity index (χ3n) is 4.00. The molecule has 0 aromatic carbocycles. The fraction of sp³-hybridized carbons (Fsp3) is 0.667. The van der Waals surface area contributed by atoms with Gasteiger partial charge in [0.25, 0.3) is 0 Å². The van der Waals surface area contributed by atoms with Crippen LogP contribution in [0.4, 0.5) is 0 Å². The van der Waals surface area contributed by atoms with Gasteiger partial charge in [0.05, 0.1) is 12.0 Å². The molecule has 1 aliphatic rings. The molecule has 2 rings (SSSR count). The van der Waals surface area contributed by atoms with Crippen molar-refractivity contribution >= 4 is 12.6 Å². The summed E-state index contributed by atoms with van der Waals surface area (Å²) in [6, 6.07) is 0. The second-order valence-corrected chi connectivity index (χ2v) is 5.92.